The molecular formula is C21H22ClN3O2S. The number of benzene rings is 2. The highest BCUT2D eigenvalue weighted by Gasteiger charge is 2.12. The van der Waals surface area contributed by atoms with Crippen LogP contribution in [0.5, 0.6) is 5.75 Å². The number of carbonyl (C=O) groups is 1. The Labute approximate surface area is 173 Å². The molecule has 7 heteroatoms. The fourth-order valence-corrected chi connectivity index (χ4v) is 3.46. The number of thiazole rings is 1. The summed E-state index contributed by atoms with van der Waals surface area (Å²) in [4.78, 5) is 18.9. The van der Waals surface area contributed by atoms with Crippen LogP contribution < -0.4 is 10.1 Å². The van der Waals surface area contributed by atoms with Gasteiger partial charge in [0, 0.05) is 23.5 Å². The summed E-state index contributed by atoms with van der Waals surface area (Å²) < 4.78 is 5.68. The molecule has 1 N–H and O–H groups in total. The molecule has 0 fully saturated rings. The number of hydrogen-bond acceptors (Lipinski definition) is 5. The van der Waals surface area contributed by atoms with Crippen molar-refractivity contribution in [3.8, 4) is 5.75 Å². The molecule has 0 saturated heterocycles. The lowest BCUT2D eigenvalue weighted by atomic mass is 10.1. The summed E-state index contributed by atoms with van der Waals surface area (Å²) in [5, 5.41) is 6.11. The molecule has 0 spiro atoms. The van der Waals surface area contributed by atoms with Crippen molar-refractivity contribution in [2.45, 2.75) is 19.7 Å². The molecule has 0 aliphatic heterocycles. The number of rotatable bonds is 8. The lowest BCUT2D eigenvalue weighted by molar-refractivity contribution is 0.0946. The van der Waals surface area contributed by atoms with Gasteiger partial charge in [0.2, 0.25) is 0 Å². The number of aromatic nitrogens is 1. The predicted molar refractivity (Wildman–Crippen MR) is 113 cm³/mol. The average molecular weight is 416 g/mol. The Bertz CT molecular complexity index is 925. The molecule has 0 saturated carbocycles. The average Bonchev–Trinajstić information content (AvgIpc) is 3.15. The summed E-state index contributed by atoms with van der Waals surface area (Å²) in [5.74, 6) is 0.525. The maximum Gasteiger partial charge on any atom is 0.271 e. The lowest BCUT2D eigenvalue weighted by Gasteiger charge is -2.14. The molecule has 0 aliphatic rings. The fraction of sp³-hybridized carbons (Fsp3) is 0.238. The third-order valence-corrected chi connectivity index (χ3v) is 5.08. The number of ether oxygens (including phenoxy) is 1. The Morgan fingerprint density at radius 3 is 2.57 bits per heavy atom. The van der Waals surface area contributed by atoms with Gasteiger partial charge in [-0.2, -0.15) is 0 Å². The predicted octanol–water partition coefficient (Wildman–Crippen LogP) is 4.37. The van der Waals surface area contributed by atoms with E-state index >= 15 is 0 Å². The van der Waals surface area contributed by atoms with Crippen molar-refractivity contribution < 1.29 is 9.53 Å². The topological polar surface area (TPSA) is 54.5 Å². The van der Waals surface area contributed by atoms with Crippen molar-refractivity contribution >= 4 is 28.8 Å². The number of hydrogen-bond donors (Lipinski definition) is 1. The van der Waals surface area contributed by atoms with Crippen LogP contribution in [0.3, 0.4) is 0 Å². The second-order valence-corrected chi connectivity index (χ2v) is 7.94. The van der Waals surface area contributed by atoms with Gasteiger partial charge in [0.1, 0.15) is 23.1 Å². The van der Waals surface area contributed by atoms with Gasteiger partial charge in [0.15, 0.2) is 0 Å². The largest absolute Gasteiger partial charge is 0.486 e. The van der Waals surface area contributed by atoms with Gasteiger partial charge >= 0.3 is 0 Å². The Morgan fingerprint density at radius 1 is 1.14 bits per heavy atom. The van der Waals surface area contributed by atoms with E-state index in [9.17, 15) is 4.79 Å². The van der Waals surface area contributed by atoms with E-state index in [4.69, 9.17) is 16.3 Å². The summed E-state index contributed by atoms with van der Waals surface area (Å²) in [6.07, 6.45) is 0. The van der Waals surface area contributed by atoms with Crippen LogP contribution in [0.25, 0.3) is 0 Å². The number of halogens is 1. The Hall–Kier alpha value is -2.41. The third-order valence-electron chi connectivity index (χ3n) is 4.00. The van der Waals surface area contributed by atoms with Crippen molar-refractivity contribution in [2.24, 2.45) is 0 Å². The van der Waals surface area contributed by atoms with Crippen molar-refractivity contribution in [3.05, 3.63) is 80.8 Å². The van der Waals surface area contributed by atoms with E-state index in [-0.39, 0.29) is 5.91 Å². The molecule has 1 amide bonds. The van der Waals surface area contributed by atoms with Crippen LogP contribution in [0.15, 0.2) is 53.9 Å². The molecule has 2 aromatic carbocycles. The zero-order valence-corrected chi connectivity index (χ0v) is 17.4. The van der Waals surface area contributed by atoms with Gasteiger partial charge in [-0.15, -0.1) is 11.3 Å². The molecule has 3 aromatic rings. The first-order valence-corrected chi connectivity index (χ1v) is 10.1. The molecule has 0 radical (unpaired) electrons. The molecule has 5 nitrogen and oxygen atoms in total. The number of nitrogens with one attached hydrogen (secondary N) is 1. The summed E-state index contributed by atoms with van der Waals surface area (Å²) >= 11 is 7.27. The van der Waals surface area contributed by atoms with E-state index in [0.717, 1.165) is 17.1 Å². The van der Waals surface area contributed by atoms with Crippen LogP contribution in [-0.4, -0.2) is 29.9 Å². The van der Waals surface area contributed by atoms with Crippen molar-refractivity contribution in [3.63, 3.8) is 0 Å². The zero-order valence-electron chi connectivity index (χ0n) is 15.8. The van der Waals surface area contributed by atoms with E-state index in [2.05, 4.69) is 21.3 Å². The van der Waals surface area contributed by atoms with Crippen LogP contribution >= 0.6 is 22.9 Å². The summed E-state index contributed by atoms with van der Waals surface area (Å²) in [7, 11) is 4.05. The third kappa shape index (κ3) is 5.79. The highest BCUT2D eigenvalue weighted by atomic mass is 35.5. The van der Waals surface area contributed by atoms with Gasteiger partial charge in [-0.1, -0.05) is 35.9 Å². The molecule has 1 aromatic heterocycles. The van der Waals surface area contributed by atoms with E-state index in [1.54, 1.807) is 29.6 Å². The first kappa shape index (κ1) is 20.3. The second-order valence-electron chi connectivity index (χ2n) is 6.56. The van der Waals surface area contributed by atoms with Crippen molar-refractivity contribution in [2.75, 3.05) is 14.1 Å². The van der Waals surface area contributed by atoms with Gasteiger partial charge in [-0.05, 0) is 49.5 Å². The minimum absolute atomic E-state index is 0.186. The van der Waals surface area contributed by atoms with Crippen molar-refractivity contribution in [1.29, 1.82) is 0 Å². The first-order valence-electron chi connectivity index (χ1n) is 8.84. The normalized spacial score (nSPS) is 10.9. The molecular weight excluding hydrogens is 394 g/mol. The Morgan fingerprint density at radius 2 is 1.86 bits per heavy atom. The van der Waals surface area contributed by atoms with Crippen LogP contribution in [0.1, 0.15) is 26.6 Å². The quantitative estimate of drug-likeness (QED) is 0.593. The molecule has 3 rings (SSSR count). The standard InChI is InChI=1S/C21H22ClN3O2S/c1-25(2)12-16-6-4-3-5-15(16)11-23-21(26)19-14-28-20(24-19)13-27-18-9-7-17(22)8-10-18/h3-10,14H,11-13H2,1-2H3,(H,23,26). The van der Waals surface area contributed by atoms with Gasteiger partial charge in [-0.25, -0.2) is 4.98 Å². The molecule has 0 bridgehead atoms. The SMILES string of the molecule is CN(C)Cc1ccccc1CNC(=O)c1csc(COc2ccc(Cl)cc2)n1. The fourth-order valence-electron chi connectivity index (χ4n) is 2.65. The highest BCUT2D eigenvalue weighted by molar-refractivity contribution is 7.09. The summed E-state index contributed by atoms with van der Waals surface area (Å²) in [6, 6.07) is 15.2. The number of nitrogens with zero attached hydrogens (tertiary/aromatic N) is 2. The molecule has 146 valence electrons. The second kappa shape index (κ2) is 9.68. The zero-order chi connectivity index (χ0) is 19.9. The smallest absolute Gasteiger partial charge is 0.271 e. The van der Waals surface area contributed by atoms with Crippen LogP contribution in [-0.2, 0) is 19.7 Å². The Kier molecular flexibility index (Phi) is 7.03. The van der Waals surface area contributed by atoms with E-state index in [1.165, 1.54) is 16.9 Å². The first-order chi connectivity index (χ1) is 13.5. The minimum Gasteiger partial charge on any atom is -0.486 e. The van der Waals surface area contributed by atoms with Gasteiger partial charge in [-0.3, -0.25) is 4.79 Å². The van der Waals surface area contributed by atoms with E-state index in [1.807, 2.05) is 32.3 Å². The number of amides is 1. The van der Waals surface area contributed by atoms with Gasteiger partial charge in [0.25, 0.3) is 5.91 Å². The van der Waals surface area contributed by atoms with Gasteiger partial charge in [0.05, 0.1) is 0 Å². The number of carbonyl (C=O) groups excluding carboxylic acids is 1. The maximum atomic E-state index is 12.4. The molecule has 28 heavy (non-hydrogen) atoms. The van der Waals surface area contributed by atoms with E-state index < -0.39 is 0 Å². The highest BCUT2D eigenvalue weighted by Crippen LogP contribution is 2.18. The van der Waals surface area contributed by atoms with Crippen LogP contribution in [0.4, 0.5) is 0 Å². The van der Waals surface area contributed by atoms with Gasteiger partial charge < -0.3 is 15.0 Å². The molecule has 0 unspecified atom stereocenters. The summed E-state index contributed by atoms with van der Waals surface area (Å²) in [6.45, 7) is 1.61. The summed E-state index contributed by atoms with van der Waals surface area (Å²) in [5.41, 5.74) is 2.71. The molecule has 0 atom stereocenters. The van der Waals surface area contributed by atoms with E-state index in [0.29, 0.717) is 29.6 Å². The lowest BCUT2D eigenvalue weighted by Crippen LogP contribution is -2.24. The van der Waals surface area contributed by atoms with Crippen LogP contribution in [0.2, 0.25) is 5.02 Å². The minimum atomic E-state index is -0.186. The van der Waals surface area contributed by atoms with Crippen LogP contribution in [0, 0.1) is 0 Å². The monoisotopic (exact) mass is 415 g/mol. The maximum absolute atomic E-state index is 12.4. The van der Waals surface area contributed by atoms with Crippen molar-refractivity contribution in [1.82, 2.24) is 15.2 Å². The Balaban J connectivity index is 1.55. The molecule has 1 heterocycles. The molecule has 0 aliphatic carbocycles.